The van der Waals surface area contributed by atoms with Crippen LogP contribution in [0.2, 0.25) is 0 Å². The van der Waals surface area contributed by atoms with E-state index in [1.165, 1.54) is 90.4 Å². The van der Waals surface area contributed by atoms with E-state index in [-0.39, 0.29) is 35.0 Å². The SMILES string of the molecule is CCC(C)CN.CCC(C)CN.CCC(C)CNCCCCCCNCC(C)CC.ClCCCCCCCl.[Na+].[OH-]. The Morgan fingerprint density at radius 2 is 0.775 bits per heavy atom. The van der Waals surface area contributed by atoms with Crippen molar-refractivity contribution in [2.24, 2.45) is 35.1 Å². The van der Waals surface area contributed by atoms with Gasteiger partial charge in [-0.05, 0) is 88.6 Å². The van der Waals surface area contributed by atoms with Gasteiger partial charge in [0.25, 0.3) is 0 Å². The molecule has 0 heterocycles. The fourth-order valence-electron chi connectivity index (χ4n) is 2.72. The Hall–Kier alpha value is 1.38. The van der Waals surface area contributed by atoms with Crippen LogP contribution in [-0.4, -0.2) is 56.5 Å². The van der Waals surface area contributed by atoms with Gasteiger partial charge in [-0.3, -0.25) is 0 Å². The summed E-state index contributed by atoms with van der Waals surface area (Å²) in [4.78, 5) is 0. The summed E-state index contributed by atoms with van der Waals surface area (Å²) in [6, 6.07) is 0. The molecule has 244 valence electrons. The normalized spacial score (nSPS) is 12.9. The molecule has 0 saturated heterocycles. The molecule has 0 rings (SSSR count). The zero-order valence-corrected chi connectivity index (χ0v) is 32.3. The third-order valence-electron chi connectivity index (χ3n) is 7.05. The second kappa shape index (κ2) is 50.0. The molecule has 0 fully saturated rings. The number of unbranched alkanes of at least 4 members (excludes halogenated alkanes) is 6. The van der Waals surface area contributed by atoms with E-state index in [9.17, 15) is 0 Å². The molecule has 0 saturated carbocycles. The molecule has 40 heavy (non-hydrogen) atoms. The van der Waals surface area contributed by atoms with Crippen LogP contribution in [0.25, 0.3) is 0 Å². The molecule has 4 atom stereocenters. The van der Waals surface area contributed by atoms with Gasteiger partial charge in [-0.25, -0.2) is 0 Å². The molecule has 4 unspecified atom stereocenters. The molecule has 7 N–H and O–H groups in total. The van der Waals surface area contributed by atoms with E-state index in [0.29, 0.717) is 11.8 Å². The van der Waals surface area contributed by atoms with Crippen molar-refractivity contribution in [3.05, 3.63) is 0 Å². The van der Waals surface area contributed by atoms with Gasteiger partial charge < -0.3 is 27.6 Å². The van der Waals surface area contributed by atoms with Crippen molar-refractivity contribution in [1.82, 2.24) is 10.6 Å². The van der Waals surface area contributed by atoms with Crippen LogP contribution in [0.5, 0.6) is 0 Å². The molecular weight excluding hydrogens is 550 g/mol. The molecule has 0 radical (unpaired) electrons. The third kappa shape index (κ3) is 58.9. The Balaban J connectivity index is -0.000000109. The smallest absolute Gasteiger partial charge is 0.870 e. The van der Waals surface area contributed by atoms with E-state index in [0.717, 1.165) is 49.5 Å². The van der Waals surface area contributed by atoms with Gasteiger partial charge >= 0.3 is 29.6 Å². The summed E-state index contributed by atoms with van der Waals surface area (Å²) in [6.45, 7) is 24.2. The molecule has 0 aliphatic heterocycles. The molecular formula is C32H75Cl2N4NaO. The summed E-state index contributed by atoms with van der Waals surface area (Å²) < 4.78 is 0. The van der Waals surface area contributed by atoms with Gasteiger partial charge in [0.05, 0.1) is 0 Å². The number of nitrogens with two attached hydrogens (primary N) is 2. The number of alkyl halides is 2. The third-order valence-corrected chi connectivity index (χ3v) is 7.59. The Morgan fingerprint density at radius 3 is 0.975 bits per heavy atom. The van der Waals surface area contributed by atoms with Gasteiger partial charge in [-0.15, -0.1) is 23.2 Å². The monoisotopic (exact) mass is 625 g/mol. The fraction of sp³-hybridized carbons (Fsp3) is 1.00. The van der Waals surface area contributed by atoms with Gasteiger partial charge in [-0.2, -0.15) is 0 Å². The minimum absolute atomic E-state index is 0. The standard InChI is InChI=1S/C16H36N2.C6H12Cl2.2C5H13N.Na.H2O/c1-5-15(3)13-17-11-9-7-8-10-12-18-14-16(4)6-2;7-5-3-1-2-4-6-8;2*1-3-5(2)4-6;;/h15-18H,5-14H2,1-4H3;1-6H2;2*5H,3-4,6H2,1-2H3;;1H2/q;;;;+1;/p-1. The van der Waals surface area contributed by atoms with Gasteiger partial charge in [0, 0.05) is 11.8 Å². The maximum absolute atomic E-state index is 5.45. The second-order valence-corrected chi connectivity index (χ2v) is 11.9. The van der Waals surface area contributed by atoms with Crippen LogP contribution in [0.15, 0.2) is 0 Å². The Kier molecular flexibility index (Phi) is 67.4. The Bertz CT molecular complexity index is 347. The Morgan fingerprint density at radius 1 is 0.500 bits per heavy atom. The fourth-order valence-corrected chi connectivity index (χ4v) is 3.09. The van der Waals surface area contributed by atoms with Crippen LogP contribution >= 0.6 is 23.2 Å². The zero-order valence-electron chi connectivity index (χ0n) is 28.8. The molecule has 0 aromatic rings. The molecule has 5 nitrogen and oxygen atoms in total. The van der Waals surface area contributed by atoms with E-state index >= 15 is 0 Å². The molecule has 0 amide bonds. The van der Waals surface area contributed by atoms with E-state index in [4.69, 9.17) is 34.7 Å². The van der Waals surface area contributed by atoms with Gasteiger partial charge in [0.2, 0.25) is 0 Å². The summed E-state index contributed by atoms with van der Waals surface area (Å²) in [7, 11) is 0. The summed E-state index contributed by atoms with van der Waals surface area (Å²) in [5, 5.41) is 7.09. The van der Waals surface area contributed by atoms with Crippen molar-refractivity contribution >= 4 is 23.2 Å². The molecule has 8 heteroatoms. The molecule has 0 aliphatic carbocycles. The van der Waals surface area contributed by atoms with Crippen molar-refractivity contribution in [2.75, 3.05) is 51.0 Å². The van der Waals surface area contributed by atoms with E-state index in [1.807, 2.05) is 0 Å². The van der Waals surface area contributed by atoms with E-state index < -0.39 is 0 Å². The first kappa shape index (κ1) is 53.9. The topological polar surface area (TPSA) is 106 Å². The van der Waals surface area contributed by atoms with E-state index in [1.54, 1.807) is 0 Å². The largest absolute Gasteiger partial charge is 1.00 e. The summed E-state index contributed by atoms with van der Waals surface area (Å²) in [5.74, 6) is 4.67. The first-order valence-electron chi connectivity index (χ1n) is 16.2. The number of halogens is 2. The first-order chi connectivity index (χ1) is 18.2. The van der Waals surface area contributed by atoms with Crippen LogP contribution in [0, 0.1) is 23.7 Å². The summed E-state index contributed by atoms with van der Waals surface area (Å²) >= 11 is 10.9. The zero-order chi connectivity index (χ0) is 29.9. The van der Waals surface area contributed by atoms with Gasteiger partial charge in [0.15, 0.2) is 0 Å². The number of rotatable bonds is 22. The van der Waals surface area contributed by atoms with Gasteiger partial charge in [0.1, 0.15) is 0 Å². The molecule has 0 aliphatic rings. The Labute approximate surface area is 285 Å². The second-order valence-electron chi connectivity index (χ2n) is 11.1. The molecule has 0 spiro atoms. The van der Waals surface area contributed by atoms with Crippen LogP contribution in [0.4, 0.5) is 0 Å². The van der Waals surface area contributed by atoms with Crippen LogP contribution < -0.4 is 51.7 Å². The average Bonchev–Trinajstić information content (AvgIpc) is 2.95. The molecule has 0 bridgehead atoms. The predicted molar refractivity (Wildman–Crippen MR) is 182 cm³/mol. The van der Waals surface area contributed by atoms with E-state index in [2.05, 4.69) is 66.0 Å². The van der Waals surface area contributed by atoms with Crippen molar-refractivity contribution < 1.29 is 35.0 Å². The number of nitrogens with one attached hydrogen (secondary N) is 2. The van der Waals surface area contributed by atoms with Crippen molar-refractivity contribution in [2.45, 2.75) is 132 Å². The predicted octanol–water partition coefficient (Wildman–Crippen LogP) is 5.65. The minimum Gasteiger partial charge on any atom is -0.870 e. The molecule has 0 aromatic heterocycles. The number of hydrogen-bond donors (Lipinski definition) is 4. The quantitative estimate of drug-likeness (QED) is 0.0707. The van der Waals surface area contributed by atoms with Crippen molar-refractivity contribution in [3.8, 4) is 0 Å². The first-order valence-corrected chi connectivity index (χ1v) is 17.2. The average molecular weight is 626 g/mol. The minimum atomic E-state index is 0. The van der Waals surface area contributed by atoms with Crippen LogP contribution in [0.1, 0.15) is 132 Å². The van der Waals surface area contributed by atoms with Crippen LogP contribution in [0.3, 0.4) is 0 Å². The number of hydrogen-bond acceptors (Lipinski definition) is 5. The van der Waals surface area contributed by atoms with Crippen molar-refractivity contribution in [3.63, 3.8) is 0 Å². The maximum atomic E-state index is 5.45. The van der Waals surface area contributed by atoms with Crippen molar-refractivity contribution in [1.29, 1.82) is 0 Å². The summed E-state index contributed by atoms with van der Waals surface area (Å²) in [6.07, 6.45) is 15.1. The van der Waals surface area contributed by atoms with Crippen LogP contribution in [-0.2, 0) is 0 Å². The maximum Gasteiger partial charge on any atom is 1.00 e. The van der Waals surface area contributed by atoms with Gasteiger partial charge in [-0.1, -0.05) is 107 Å². The summed E-state index contributed by atoms with van der Waals surface area (Å²) in [5.41, 5.74) is 10.6. The molecule has 0 aromatic carbocycles.